The van der Waals surface area contributed by atoms with Gasteiger partial charge in [0.05, 0.1) is 25.0 Å². The second-order valence-electron chi connectivity index (χ2n) is 10.5. The van der Waals surface area contributed by atoms with E-state index < -0.39 is 17.4 Å². The van der Waals surface area contributed by atoms with Crippen LogP contribution in [0.5, 0.6) is 0 Å². The van der Waals surface area contributed by atoms with E-state index in [9.17, 15) is 14.4 Å². The van der Waals surface area contributed by atoms with Crippen molar-refractivity contribution in [2.24, 2.45) is 0 Å². The molecule has 0 aliphatic carbocycles. The average molecular weight is 545 g/mol. The number of ether oxygens (including phenoxy) is 2. The van der Waals surface area contributed by atoms with Gasteiger partial charge in [-0.1, -0.05) is 84.4 Å². The van der Waals surface area contributed by atoms with Crippen molar-refractivity contribution < 1.29 is 23.9 Å². The van der Waals surface area contributed by atoms with Crippen molar-refractivity contribution in [3.63, 3.8) is 0 Å². The number of unbranched alkanes of at least 4 members (excludes halogenated alkanes) is 6. The molecule has 0 fully saturated rings. The Morgan fingerprint density at radius 2 is 1.67 bits per heavy atom. The van der Waals surface area contributed by atoms with Crippen LogP contribution in [0.1, 0.15) is 112 Å². The van der Waals surface area contributed by atoms with Crippen molar-refractivity contribution >= 4 is 17.6 Å². The highest BCUT2D eigenvalue weighted by atomic mass is 16.5. The minimum Gasteiger partial charge on any atom is -0.497 e. The lowest BCUT2D eigenvalue weighted by atomic mass is 9.90. The molecule has 0 saturated carbocycles. The van der Waals surface area contributed by atoms with Gasteiger partial charge in [0.1, 0.15) is 11.3 Å². The molecular formula is C32H52N2O5. The van der Waals surface area contributed by atoms with Crippen molar-refractivity contribution in [2.75, 3.05) is 20.3 Å². The van der Waals surface area contributed by atoms with Crippen LogP contribution in [0.4, 0.5) is 0 Å². The van der Waals surface area contributed by atoms with Gasteiger partial charge in [-0.25, -0.2) is 0 Å². The lowest BCUT2D eigenvalue weighted by molar-refractivity contribution is -0.132. The van der Waals surface area contributed by atoms with Gasteiger partial charge in [-0.05, 0) is 52.0 Å². The molecule has 220 valence electrons. The van der Waals surface area contributed by atoms with Gasteiger partial charge in [-0.2, -0.15) is 0 Å². The zero-order valence-corrected chi connectivity index (χ0v) is 25.5. The van der Waals surface area contributed by atoms with Gasteiger partial charge in [0.15, 0.2) is 11.5 Å². The Kier molecular flexibility index (Phi) is 15.5. The number of methoxy groups -OCH3 is 1. The first-order valence-corrected chi connectivity index (χ1v) is 14.7. The number of rotatable bonds is 19. The molecule has 7 heteroatoms. The van der Waals surface area contributed by atoms with E-state index in [1.54, 1.807) is 31.1 Å². The first kappa shape index (κ1) is 34.2. The van der Waals surface area contributed by atoms with Crippen LogP contribution in [-0.2, 0) is 23.9 Å². The number of hydrogen-bond acceptors (Lipinski definition) is 5. The second kappa shape index (κ2) is 17.7. The van der Waals surface area contributed by atoms with Crippen molar-refractivity contribution in [3.05, 3.63) is 47.1 Å². The molecule has 1 aliphatic heterocycles. The Morgan fingerprint density at radius 1 is 1.05 bits per heavy atom. The molecule has 1 atom stereocenters. The Hall–Kier alpha value is -2.83. The van der Waals surface area contributed by atoms with Crippen molar-refractivity contribution in [1.82, 2.24) is 10.2 Å². The fraction of sp³-hybridized carbons (Fsp3) is 0.656. The molecule has 0 radical (unpaired) electrons. The van der Waals surface area contributed by atoms with E-state index in [2.05, 4.69) is 32.7 Å². The van der Waals surface area contributed by atoms with Gasteiger partial charge in [0.2, 0.25) is 0 Å². The maximum atomic E-state index is 14.1. The van der Waals surface area contributed by atoms with E-state index in [-0.39, 0.29) is 11.4 Å². The Labute approximate surface area is 236 Å². The SMILES string of the molecule is C=CC1=C(/C(OCCCCC)=C(\C)OC)N(CCCCC)C(=O)C(C(=O)NC(C)(CCCCC)C(C)=O)=CC1. The number of allylic oxidation sites excluding steroid dienone is 4. The zero-order valence-electron chi connectivity index (χ0n) is 25.5. The van der Waals surface area contributed by atoms with Crippen LogP contribution >= 0.6 is 0 Å². The number of Topliss-reactive ketones (excluding diaryl/α,β-unsaturated/α-hetero) is 1. The molecular weight excluding hydrogens is 492 g/mol. The number of amides is 2. The molecule has 1 rings (SSSR count). The van der Waals surface area contributed by atoms with Crippen LogP contribution in [-0.4, -0.2) is 48.3 Å². The van der Waals surface area contributed by atoms with E-state index in [0.717, 1.165) is 63.4 Å². The third-order valence-electron chi connectivity index (χ3n) is 7.33. The molecule has 0 saturated heterocycles. The van der Waals surface area contributed by atoms with Crippen molar-refractivity contribution in [2.45, 2.75) is 118 Å². The molecule has 1 aliphatic rings. The fourth-order valence-corrected chi connectivity index (χ4v) is 4.52. The highest BCUT2D eigenvalue weighted by Gasteiger charge is 2.37. The summed E-state index contributed by atoms with van der Waals surface area (Å²) in [6.07, 6.45) is 12.7. The molecule has 0 spiro atoms. The standard InChI is InChI=1S/C32H52N2O5/c1-9-13-16-21-32(7,25(6)35)33-30(36)27-20-19-26(12-4)28(34(31(27)37)22-17-14-10-2)29(24(5)38-8)39-23-18-15-11-3/h12,20H,4,9-11,13-19,21-23H2,1-3,5-8H3,(H,33,36)/b29-24-. The molecule has 1 N–H and O–H groups in total. The number of carbonyl (C=O) groups excluding carboxylic acids is 3. The molecule has 0 aromatic rings. The van der Waals surface area contributed by atoms with Crippen LogP contribution in [0, 0.1) is 0 Å². The Morgan fingerprint density at radius 3 is 2.23 bits per heavy atom. The van der Waals surface area contributed by atoms with Crippen LogP contribution in [0.3, 0.4) is 0 Å². The third kappa shape index (κ3) is 10.0. The average Bonchev–Trinajstić information content (AvgIpc) is 3.04. The predicted molar refractivity (Wildman–Crippen MR) is 158 cm³/mol. The van der Waals surface area contributed by atoms with Gasteiger partial charge in [0, 0.05) is 6.54 Å². The summed E-state index contributed by atoms with van der Waals surface area (Å²) in [5, 5.41) is 2.91. The largest absolute Gasteiger partial charge is 0.497 e. The Bertz CT molecular complexity index is 946. The van der Waals surface area contributed by atoms with Crippen LogP contribution in [0.25, 0.3) is 0 Å². The molecule has 1 unspecified atom stereocenters. The highest BCUT2D eigenvalue weighted by Crippen LogP contribution is 2.32. The minimum atomic E-state index is -1.04. The first-order valence-electron chi connectivity index (χ1n) is 14.7. The molecule has 2 amide bonds. The highest BCUT2D eigenvalue weighted by molar-refractivity contribution is 6.20. The Balaban J connectivity index is 3.50. The van der Waals surface area contributed by atoms with Crippen molar-refractivity contribution in [3.8, 4) is 0 Å². The maximum Gasteiger partial charge on any atom is 0.263 e. The zero-order chi connectivity index (χ0) is 29.4. The lowest BCUT2D eigenvalue weighted by Crippen LogP contribution is -2.53. The summed E-state index contributed by atoms with van der Waals surface area (Å²) in [5.41, 5.74) is 0.369. The monoisotopic (exact) mass is 544 g/mol. The van der Waals surface area contributed by atoms with Gasteiger partial charge < -0.3 is 19.7 Å². The molecule has 0 aromatic heterocycles. The van der Waals surface area contributed by atoms with Gasteiger partial charge in [0.25, 0.3) is 11.8 Å². The lowest BCUT2D eigenvalue weighted by Gasteiger charge is -2.31. The number of hydrogen-bond donors (Lipinski definition) is 1. The molecule has 0 aromatic carbocycles. The number of nitrogens with one attached hydrogen (secondary N) is 1. The third-order valence-corrected chi connectivity index (χ3v) is 7.33. The van der Waals surface area contributed by atoms with E-state index in [0.29, 0.717) is 43.2 Å². The minimum absolute atomic E-state index is 0.0317. The predicted octanol–water partition coefficient (Wildman–Crippen LogP) is 6.90. The summed E-state index contributed by atoms with van der Waals surface area (Å²) in [6.45, 7) is 16.3. The smallest absolute Gasteiger partial charge is 0.263 e. The van der Waals surface area contributed by atoms with Crippen LogP contribution < -0.4 is 5.32 Å². The number of carbonyl (C=O) groups is 3. The molecule has 39 heavy (non-hydrogen) atoms. The molecule has 0 bridgehead atoms. The first-order chi connectivity index (χ1) is 18.6. The maximum absolute atomic E-state index is 14.1. The van der Waals surface area contributed by atoms with Crippen molar-refractivity contribution in [1.29, 1.82) is 0 Å². The quantitative estimate of drug-likeness (QED) is 0.109. The van der Waals surface area contributed by atoms with E-state index in [1.807, 2.05) is 6.92 Å². The summed E-state index contributed by atoms with van der Waals surface area (Å²) < 4.78 is 11.9. The summed E-state index contributed by atoms with van der Waals surface area (Å²) >= 11 is 0. The number of ketones is 1. The molecule has 7 nitrogen and oxygen atoms in total. The van der Waals surface area contributed by atoms with Gasteiger partial charge in [-0.15, -0.1) is 0 Å². The van der Waals surface area contributed by atoms with Gasteiger partial charge in [-0.3, -0.25) is 14.4 Å². The topological polar surface area (TPSA) is 84.9 Å². The molecule has 1 heterocycles. The van der Waals surface area contributed by atoms with Gasteiger partial charge >= 0.3 is 0 Å². The number of nitrogens with zero attached hydrogens (tertiary/aromatic N) is 1. The fourth-order valence-electron chi connectivity index (χ4n) is 4.52. The van der Waals surface area contributed by atoms with Crippen LogP contribution in [0.15, 0.2) is 47.1 Å². The van der Waals surface area contributed by atoms with E-state index in [4.69, 9.17) is 9.47 Å². The summed E-state index contributed by atoms with van der Waals surface area (Å²) in [7, 11) is 1.58. The normalized spacial score (nSPS) is 16.1. The second-order valence-corrected chi connectivity index (χ2v) is 10.5. The van der Waals surface area contributed by atoms with Crippen LogP contribution in [0.2, 0.25) is 0 Å². The summed E-state index contributed by atoms with van der Waals surface area (Å²) in [4.78, 5) is 41.9. The summed E-state index contributed by atoms with van der Waals surface area (Å²) in [5.74, 6) is -0.00945. The van der Waals surface area contributed by atoms with E-state index in [1.165, 1.54) is 6.92 Å². The summed E-state index contributed by atoms with van der Waals surface area (Å²) in [6, 6.07) is 0. The van der Waals surface area contributed by atoms with E-state index >= 15 is 0 Å².